The van der Waals surface area contributed by atoms with Crippen molar-refractivity contribution in [3.05, 3.63) is 95.3 Å². The highest BCUT2D eigenvalue weighted by molar-refractivity contribution is 6.31. The van der Waals surface area contributed by atoms with Gasteiger partial charge < -0.3 is 9.47 Å². The average Bonchev–Trinajstić information content (AvgIpc) is 3.08. The van der Waals surface area contributed by atoms with Crippen molar-refractivity contribution >= 4 is 23.6 Å². The first kappa shape index (κ1) is 20.2. The summed E-state index contributed by atoms with van der Waals surface area (Å²) >= 11 is 0. The second kappa shape index (κ2) is 8.71. The Kier molecular flexibility index (Phi) is 5.66. The van der Waals surface area contributed by atoms with E-state index in [4.69, 9.17) is 9.47 Å². The number of methoxy groups -OCH3 is 1. The lowest BCUT2D eigenvalue weighted by Gasteiger charge is -2.14. The summed E-state index contributed by atoms with van der Waals surface area (Å²) in [5.41, 5.74) is 4.58. The van der Waals surface area contributed by atoms with Gasteiger partial charge in [-0.15, -0.1) is 0 Å². The van der Waals surface area contributed by atoms with Gasteiger partial charge in [0, 0.05) is 0 Å². The highest BCUT2D eigenvalue weighted by Crippen LogP contribution is 2.30. The molecule has 1 fully saturated rings. The molecule has 1 saturated heterocycles. The lowest BCUT2D eigenvalue weighted by molar-refractivity contribution is -0.117. The summed E-state index contributed by atoms with van der Waals surface area (Å²) < 4.78 is 24.2. The number of benzene rings is 3. The maximum Gasteiger partial charge on any atom is 0.282 e. The average molecular weight is 418 g/mol. The molecule has 3 aromatic rings. The third-order valence-electron chi connectivity index (χ3n) is 4.71. The molecule has 1 aliphatic heterocycles. The van der Waals surface area contributed by atoms with Crippen molar-refractivity contribution in [2.75, 3.05) is 12.1 Å². The van der Waals surface area contributed by atoms with E-state index in [9.17, 15) is 14.0 Å². The fourth-order valence-corrected chi connectivity index (χ4v) is 3.12. The Balaban J connectivity index is 1.53. The van der Waals surface area contributed by atoms with E-state index in [1.807, 2.05) is 6.07 Å². The van der Waals surface area contributed by atoms with E-state index in [0.717, 1.165) is 5.56 Å². The first-order valence-corrected chi connectivity index (χ1v) is 9.52. The Morgan fingerprint density at radius 2 is 1.71 bits per heavy atom. The van der Waals surface area contributed by atoms with E-state index in [0.29, 0.717) is 22.7 Å². The standard InChI is InChI=1S/C24H19FN2O4/c1-30-22-14-17(9-12-21(22)31-15-16-7-10-18(25)11-8-16)13-20-23(28)26-27(24(20)29)19-5-3-2-4-6-19/h2-14H,15H2,1H3,(H,26,28)/b20-13+. The van der Waals surface area contributed by atoms with Crippen LogP contribution in [0.25, 0.3) is 6.08 Å². The van der Waals surface area contributed by atoms with Crippen LogP contribution in [0.4, 0.5) is 10.1 Å². The van der Waals surface area contributed by atoms with E-state index < -0.39 is 11.8 Å². The Morgan fingerprint density at radius 3 is 2.42 bits per heavy atom. The normalized spacial score (nSPS) is 14.6. The summed E-state index contributed by atoms with van der Waals surface area (Å²) in [6, 6.07) is 20.0. The maximum atomic E-state index is 13.0. The van der Waals surface area contributed by atoms with Crippen LogP contribution in [0, 0.1) is 5.82 Å². The number of rotatable bonds is 6. The second-order valence-electron chi connectivity index (χ2n) is 6.80. The second-order valence-corrected chi connectivity index (χ2v) is 6.80. The molecule has 0 aliphatic carbocycles. The Hall–Kier alpha value is -4.13. The SMILES string of the molecule is COc1cc(/C=C2\C(=O)NN(c3ccccc3)C2=O)ccc1OCc1ccc(F)cc1. The lowest BCUT2D eigenvalue weighted by Crippen LogP contribution is -2.35. The fourth-order valence-electron chi connectivity index (χ4n) is 3.12. The number of hydrogen-bond acceptors (Lipinski definition) is 4. The molecule has 6 nitrogen and oxygen atoms in total. The van der Waals surface area contributed by atoms with E-state index in [-0.39, 0.29) is 18.0 Å². The highest BCUT2D eigenvalue weighted by atomic mass is 19.1. The Labute approximate surface area is 178 Å². The molecule has 0 atom stereocenters. The van der Waals surface area contributed by atoms with Gasteiger partial charge in [0.05, 0.1) is 12.8 Å². The topological polar surface area (TPSA) is 67.9 Å². The number of hydrogen-bond donors (Lipinski definition) is 1. The molecule has 7 heteroatoms. The number of anilines is 1. The van der Waals surface area contributed by atoms with Gasteiger partial charge in [0.2, 0.25) is 0 Å². The monoisotopic (exact) mass is 418 g/mol. The smallest absolute Gasteiger partial charge is 0.282 e. The molecule has 0 bridgehead atoms. The minimum absolute atomic E-state index is 0.0193. The van der Waals surface area contributed by atoms with Gasteiger partial charge in [-0.3, -0.25) is 15.0 Å². The predicted molar refractivity (Wildman–Crippen MR) is 114 cm³/mol. The number of carbonyl (C=O) groups is 2. The maximum absolute atomic E-state index is 13.0. The molecule has 2 amide bonds. The fraction of sp³-hybridized carbons (Fsp3) is 0.0833. The molecular formula is C24H19FN2O4. The molecule has 1 aliphatic rings. The van der Waals surface area contributed by atoms with E-state index in [1.54, 1.807) is 54.6 Å². The molecule has 0 spiro atoms. The summed E-state index contributed by atoms with van der Waals surface area (Å²) in [6.45, 7) is 0.240. The van der Waals surface area contributed by atoms with Crippen LogP contribution in [0.3, 0.4) is 0 Å². The van der Waals surface area contributed by atoms with Crippen LogP contribution >= 0.6 is 0 Å². The van der Waals surface area contributed by atoms with Crippen LogP contribution in [0.5, 0.6) is 11.5 Å². The first-order valence-electron chi connectivity index (χ1n) is 9.52. The summed E-state index contributed by atoms with van der Waals surface area (Å²) in [7, 11) is 1.50. The van der Waals surface area contributed by atoms with Gasteiger partial charge in [-0.2, -0.15) is 0 Å². The number of carbonyl (C=O) groups excluding carboxylic acids is 2. The van der Waals surface area contributed by atoms with E-state index >= 15 is 0 Å². The third kappa shape index (κ3) is 4.40. The third-order valence-corrected chi connectivity index (χ3v) is 4.71. The van der Waals surface area contributed by atoms with Gasteiger partial charge >= 0.3 is 0 Å². The number of ether oxygens (including phenoxy) is 2. The minimum atomic E-state index is -0.482. The largest absolute Gasteiger partial charge is 0.493 e. The molecule has 0 aromatic heterocycles. The van der Waals surface area contributed by atoms with Crippen molar-refractivity contribution in [3.8, 4) is 11.5 Å². The molecule has 4 rings (SSSR count). The van der Waals surface area contributed by atoms with Crippen LogP contribution in [-0.2, 0) is 16.2 Å². The Morgan fingerprint density at radius 1 is 0.968 bits per heavy atom. The summed E-state index contributed by atoms with van der Waals surface area (Å²) in [5.74, 6) is -0.296. The van der Waals surface area contributed by atoms with Gasteiger partial charge in [0.25, 0.3) is 11.8 Å². The van der Waals surface area contributed by atoms with Crippen molar-refractivity contribution in [1.82, 2.24) is 5.43 Å². The molecule has 3 aromatic carbocycles. The summed E-state index contributed by atoms with van der Waals surface area (Å²) in [5, 5.41) is 1.21. The van der Waals surface area contributed by atoms with Crippen molar-refractivity contribution in [3.63, 3.8) is 0 Å². The lowest BCUT2D eigenvalue weighted by atomic mass is 10.1. The summed E-state index contributed by atoms with van der Waals surface area (Å²) in [4.78, 5) is 25.1. The van der Waals surface area contributed by atoms with Crippen molar-refractivity contribution in [2.24, 2.45) is 0 Å². The molecule has 1 N–H and O–H groups in total. The van der Waals surface area contributed by atoms with Gasteiger partial charge in [-0.1, -0.05) is 36.4 Å². The van der Waals surface area contributed by atoms with Crippen LogP contribution < -0.4 is 19.9 Å². The molecule has 0 saturated carbocycles. The van der Waals surface area contributed by atoms with Gasteiger partial charge in [0.1, 0.15) is 18.0 Å². The van der Waals surface area contributed by atoms with Crippen LogP contribution in [0.15, 0.2) is 78.4 Å². The minimum Gasteiger partial charge on any atom is -0.493 e. The number of nitrogens with one attached hydrogen (secondary N) is 1. The molecule has 31 heavy (non-hydrogen) atoms. The number of para-hydroxylation sites is 1. The van der Waals surface area contributed by atoms with Gasteiger partial charge in [-0.25, -0.2) is 9.40 Å². The van der Waals surface area contributed by atoms with Crippen LogP contribution in [-0.4, -0.2) is 18.9 Å². The van der Waals surface area contributed by atoms with E-state index in [1.165, 1.54) is 30.3 Å². The molecule has 156 valence electrons. The molecule has 1 heterocycles. The summed E-state index contributed by atoms with van der Waals surface area (Å²) in [6.07, 6.45) is 1.51. The number of halogens is 1. The van der Waals surface area contributed by atoms with Gasteiger partial charge in [-0.05, 0) is 53.6 Å². The van der Waals surface area contributed by atoms with Crippen molar-refractivity contribution in [2.45, 2.75) is 6.61 Å². The molecule has 0 radical (unpaired) electrons. The number of hydrazine groups is 1. The number of amides is 2. The number of nitrogens with zero attached hydrogens (tertiary/aromatic N) is 1. The van der Waals surface area contributed by atoms with Gasteiger partial charge in [0.15, 0.2) is 11.5 Å². The first-order chi connectivity index (χ1) is 15.0. The predicted octanol–water partition coefficient (Wildman–Crippen LogP) is 3.87. The zero-order valence-electron chi connectivity index (χ0n) is 16.7. The van der Waals surface area contributed by atoms with Crippen molar-refractivity contribution in [1.29, 1.82) is 0 Å². The van der Waals surface area contributed by atoms with Crippen LogP contribution in [0.2, 0.25) is 0 Å². The zero-order chi connectivity index (χ0) is 21.8. The molecular weight excluding hydrogens is 399 g/mol. The highest BCUT2D eigenvalue weighted by Gasteiger charge is 2.34. The zero-order valence-corrected chi connectivity index (χ0v) is 16.7. The van der Waals surface area contributed by atoms with Crippen LogP contribution in [0.1, 0.15) is 11.1 Å². The molecule has 0 unspecified atom stereocenters. The van der Waals surface area contributed by atoms with E-state index in [2.05, 4.69) is 5.43 Å². The quantitative estimate of drug-likeness (QED) is 0.487. The van der Waals surface area contributed by atoms with Crippen molar-refractivity contribution < 1.29 is 23.5 Å². The Bertz CT molecular complexity index is 1140.